The van der Waals surface area contributed by atoms with Crippen LogP contribution >= 0.6 is 0 Å². The second kappa shape index (κ2) is 5.70. The lowest BCUT2D eigenvalue weighted by Crippen LogP contribution is -2.36. The van der Waals surface area contributed by atoms with Gasteiger partial charge in [0.05, 0.1) is 16.9 Å². The molecular formula is C14H15N3O3. The van der Waals surface area contributed by atoms with E-state index >= 15 is 0 Å². The van der Waals surface area contributed by atoms with E-state index in [1.165, 1.54) is 6.07 Å². The van der Waals surface area contributed by atoms with Gasteiger partial charge in [-0.05, 0) is 32.3 Å². The molecule has 0 spiro atoms. The van der Waals surface area contributed by atoms with E-state index in [2.05, 4.69) is 11.4 Å². The van der Waals surface area contributed by atoms with Crippen LogP contribution in [0.1, 0.15) is 35.2 Å². The monoisotopic (exact) mass is 273 g/mol. The van der Waals surface area contributed by atoms with Gasteiger partial charge in [-0.2, -0.15) is 5.26 Å². The van der Waals surface area contributed by atoms with Crippen LogP contribution < -0.4 is 5.32 Å². The highest BCUT2D eigenvalue weighted by Gasteiger charge is 2.29. The first-order chi connectivity index (χ1) is 9.52. The Kier molecular flexibility index (Phi) is 3.99. The fourth-order valence-corrected chi connectivity index (χ4v) is 2.49. The quantitative estimate of drug-likeness (QED) is 0.675. The fourth-order valence-electron chi connectivity index (χ4n) is 2.49. The minimum Gasteiger partial charge on any atom is -0.348 e. The molecule has 104 valence electrons. The second-order valence-electron chi connectivity index (χ2n) is 5.00. The molecule has 1 aromatic rings. The molecule has 0 saturated heterocycles. The molecule has 1 aliphatic carbocycles. The summed E-state index contributed by atoms with van der Waals surface area (Å²) in [7, 11) is 0. The molecule has 1 amide bonds. The second-order valence-corrected chi connectivity index (χ2v) is 5.00. The predicted octanol–water partition coefficient (Wildman–Crippen LogP) is 2.33. The van der Waals surface area contributed by atoms with Gasteiger partial charge in [0.25, 0.3) is 11.6 Å². The third-order valence-corrected chi connectivity index (χ3v) is 3.67. The van der Waals surface area contributed by atoms with E-state index in [9.17, 15) is 14.9 Å². The van der Waals surface area contributed by atoms with Gasteiger partial charge >= 0.3 is 0 Å². The molecule has 0 aliphatic heterocycles. The van der Waals surface area contributed by atoms with Gasteiger partial charge in [0.1, 0.15) is 0 Å². The average molecular weight is 273 g/mol. The molecule has 0 radical (unpaired) electrons. The van der Waals surface area contributed by atoms with Gasteiger partial charge in [-0.15, -0.1) is 0 Å². The number of nitrogens with zero attached hydrogens (tertiary/aromatic N) is 2. The maximum Gasteiger partial charge on any atom is 0.273 e. The fraction of sp³-hybridized carbons (Fsp3) is 0.429. The van der Waals surface area contributed by atoms with E-state index in [0.717, 1.165) is 19.3 Å². The number of amides is 1. The Morgan fingerprint density at radius 3 is 2.90 bits per heavy atom. The Hall–Kier alpha value is -2.42. The summed E-state index contributed by atoms with van der Waals surface area (Å²) in [5.41, 5.74) is 0.703. The molecule has 1 aromatic carbocycles. The minimum absolute atomic E-state index is 0.0686. The molecule has 2 atom stereocenters. The normalized spacial score (nSPS) is 21.2. The largest absolute Gasteiger partial charge is 0.348 e. The van der Waals surface area contributed by atoms with Crippen molar-refractivity contribution < 1.29 is 9.72 Å². The van der Waals surface area contributed by atoms with Crippen molar-refractivity contribution in [3.8, 4) is 6.07 Å². The molecule has 0 aromatic heterocycles. The van der Waals surface area contributed by atoms with Crippen LogP contribution in [0, 0.1) is 34.3 Å². The van der Waals surface area contributed by atoms with Gasteiger partial charge < -0.3 is 5.32 Å². The SMILES string of the molecule is Cc1ccc(C(=O)NC2CCCC2C#N)cc1[N+](=O)[O-]. The third-order valence-electron chi connectivity index (χ3n) is 3.67. The highest BCUT2D eigenvalue weighted by Crippen LogP contribution is 2.25. The number of carbonyl (C=O) groups excluding carboxylic acids is 1. The average Bonchev–Trinajstić information content (AvgIpc) is 2.86. The van der Waals surface area contributed by atoms with Gasteiger partial charge in [0.15, 0.2) is 0 Å². The van der Waals surface area contributed by atoms with Crippen molar-refractivity contribution in [3.05, 3.63) is 39.4 Å². The van der Waals surface area contributed by atoms with Crippen LogP contribution in [0.5, 0.6) is 0 Å². The summed E-state index contributed by atoms with van der Waals surface area (Å²) in [4.78, 5) is 22.5. The standard InChI is InChI=1S/C14H15N3O3/c1-9-5-6-10(7-13(9)17(19)20)14(18)16-12-4-2-3-11(12)8-15/h5-7,11-12H,2-4H2,1H3,(H,16,18). The van der Waals surface area contributed by atoms with E-state index in [1.807, 2.05) is 0 Å². The Labute approximate surface area is 116 Å². The smallest absolute Gasteiger partial charge is 0.273 e. The molecular weight excluding hydrogens is 258 g/mol. The number of rotatable bonds is 3. The molecule has 0 bridgehead atoms. The topological polar surface area (TPSA) is 96.0 Å². The highest BCUT2D eigenvalue weighted by molar-refractivity contribution is 5.95. The van der Waals surface area contributed by atoms with Crippen molar-refractivity contribution >= 4 is 11.6 Å². The lowest BCUT2D eigenvalue weighted by molar-refractivity contribution is -0.385. The number of nitro benzene ring substituents is 1. The maximum absolute atomic E-state index is 12.1. The maximum atomic E-state index is 12.1. The van der Waals surface area contributed by atoms with Crippen LogP contribution in [0.3, 0.4) is 0 Å². The van der Waals surface area contributed by atoms with Crippen molar-refractivity contribution in [2.75, 3.05) is 0 Å². The number of nitrogens with one attached hydrogen (secondary N) is 1. The summed E-state index contributed by atoms with van der Waals surface area (Å²) in [6.07, 6.45) is 2.48. The summed E-state index contributed by atoms with van der Waals surface area (Å²) in [6, 6.07) is 6.43. The lowest BCUT2D eigenvalue weighted by atomic mass is 10.0. The Morgan fingerprint density at radius 1 is 1.50 bits per heavy atom. The molecule has 2 unspecified atom stereocenters. The molecule has 20 heavy (non-hydrogen) atoms. The zero-order valence-corrected chi connectivity index (χ0v) is 11.1. The molecule has 1 saturated carbocycles. The first kappa shape index (κ1) is 14.0. The number of carbonyl (C=O) groups is 1. The summed E-state index contributed by atoms with van der Waals surface area (Å²) in [6.45, 7) is 1.63. The van der Waals surface area contributed by atoms with Crippen molar-refractivity contribution in [1.82, 2.24) is 5.32 Å². The summed E-state index contributed by atoms with van der Waals surface area (Å²) in [5, 5.41) is 22.7. The van der Waals surface area contributed by atoms with E-state index in [-0.39, 0.29) is 29.1 Å². The molecule has 1 N–H and O–H groups in total. The Morgan fingerprint density at radius 2 is 2.25 bits per heavy atom. The van der Waals surface area contributed by atoms with Crippen LogP contribution in [0.4, 0.5) is 5.69 Å². The van der Waals surface area contributed by atoms with Crippen molar-refractivity contribution in [2.45, 2.75) is 32.2 Å². The van der Waals surface area contributed by atoms with Crippen LogP contribution in [0.25, 0.3) is 0 Å². The zero-order valence-electron chi connectivity index (χ0n) is 11.1. The number of aryl methyl sites for hydroxylation is 1. The first-order valence-electron chi connectivity index (χ1n) is 6.48. The van der Waals surface area contributed by atoms with Gasteiger partial charge in [0.2, 0.25) is 0 Å². The van der Waals surface area contributed by atoms with Crippen LogP contribution in [0.2, 0.25) is 0 Å². The summed E-state index contributed by atoms with van der Waals surface area (Å²) in [5.74, 6) is -0.528. The molecule has 2 rings (SSSR count). The number of hydrogen-bond acceptors (Lipinski definition) is 4. The van der Waals surface area contributed by atoms with Crippen molar-refractivity contribution in [1.29, 1.82) is 5.26 Å². The minimum atomic E-state index is -0.500. The van der Waals surface area contributed by atoms with E-state index in [0.29, 0.717) is 5.56 Å². The third kappa shape index (κ3) is 2.77. The number of nitro groups is 1. The molecule has 6 heteroatoms. The lowest BCUT2D eigenvalue weighted by Gasteiger charge is -2.15. The molecule has 1 aliphatic rings. The van der Waals surface area contributed by atoms with Gasteiger partial charge in [-0.3, -0.25) is 14.9 Å². The molecule has 6 nitrogen and oxygen atoms in total. The molecule has 0 heterocycles. The summed E-state index contributed by atoms with van der Waals surface area (Å²) >= 11 is 0. The number of hydrogen-bond donors (Lipinski definition) is 1. The predicted molar refractivity (Wildman–Crippen MR) is 72.0 cm³/mol. The van der Waals surface area contributed by atoms with E-state index in [1.54, 1.807) is 19.1 Å². The van der Waals surface area contributed by atoms with Crippen molar-refractivity contribution in [3.63, 3.8) is 0 Å². The van der Waals surface area contributed by atoms with Crippen LogP contribution in [0.15, 0.2) is 18.2 Å². The first-order valence-corrected chi connectivity index (χ1v) is 6.48. The number of benzene rings is 1. The molecule has 1 fully saturated rings. The van der Waals surface area contributed by atoms with E-state index < -0.39 is 4.92 Å². The van der Waals surface area contributed by atoms with Gasteiger partial charge in [-0.25, -0.2) is 0 Å². The highest BCUT2D eigenvalue weighted by atomic mass is 16.6. The Bertz CT molecular complexity index is 592. The van der Waals surface area contributed by atoms with Gasteiger partial charge in [-0.1, -0.05) is 6.07 Å². The van der Waals surface area contributed by atoms with Gasteiger partial charge in [0, 0.05) is 23.2 Å². The van der Waals surface area contributed by atoms with Crippen LogP contribution in [-0.2, 0) is 0 Å². The zero-order chi connectivity index (χ0) is 14.7. The van der Waals surface area contributed by atoms with Crippen molar-refractivity contribution in [2.24, 2.45) is 5.92 Å². The summed E-state index contributed by atoms with van der Waals surface area (Å²) < 4.78 is 0. The van der Waals surface area contributed by atoms with E-state index in [4.69, 9.17) is 5.26 Å². The van der Waals surface area contributed by atoms with Crippen LogP contribution in [-0.4, -0.2) is 16.9 Å². The number of nitriles is 1. The Balaban J connectivity index is 2.16.